The van der Waals surface area contributed by atoms with Crippen molar-refractivity contribution in [2.45, 2.75) is 33.2 Å². The molecule has 0 aliphatic carbocycles. The Bertz CT molecular complexity index is 598. The molecule has 0 saturated carbocycles. The maximum Gasteiger partial charge on any atom is 0.146 e. The fourth-order valence-corrected chi connectivity index (χ4v) is 2.42. The Hall–Kier alpha value is -1.51. The average Bonchev–Trinajstić information content (AvgIpc) is 2.48. The molecule has 0 bridgehead atoms. The topological polar surface area (TPSA) is 21.3 Å². The second-order valence-corrected chi connectivity index (χ2v) is 5.69. The first-order chi connectivity index (χ1) is 10.1. The normalized spacial score (nSPS) is 12.2. The third-order valence-electron chi connectivity index (χ3n) is 3.37. The molecule has 0 heterocycles. The van der Waals surface area contributed by atoms with Crippen LogP contribution in [0.1, 0.15) is 37.4 Å². The van der Waals surface area contributed by atoms with Crippen molar-refractivity contribution in [2.75, 3.05) is 6.54 Å². The molecule has 112 valence electrons. The molecule has 0 amide bonds. The number of hydrogen-bond donors (Lipinski definition) is 1. The zero-order valence-electron chi connectivity index (χ0n) is 12.8. The van der Waals surface area contributed by atoms with E-state index in [0.717, 1.165) is 24.3 Å². The third kappa shape index (κ3) is 4.48. The molecule has 0 aliphatic heterocycles. The van der Waals surface area contributed by atoms with Gasteiger partial charge < -0.3 is 10.1 Å². The van der Waals surface area contributed by atoms with Crippen LogP contribution in [0.2, 0.25) is 5.02 Å². The summed E-state index contributed by atoms with van der Waals surface area (Å²) >= 11 is 6.21. The first-order valence-corrected chi connectivity index (χ1v) is 7.75. The van der Waals surface area contributed by atoms with Gasteiger partial charge >= 0.3 is 0 Å². The van der Waals surface area contributed by atoms with Crippen LogP contribution in [0.15, 0.2) is 42.5 Å². The van der Waals surface area contributed by atoms with E-state index in [-0.39, 0.29) is 0 Å². The van der Waals surface area contributed by atoms with Crippen LogP contribution in [0, 0.1) is 6.92 Å². The van der Waals surface area contributed by atoms with E-state index in [0.29, 0.717) is 16.8 Å². The second kappa shape index (κ2) is 7.48. The number of ether oxygens (including phenoxy) is 1. The number of nitrogens with one attached hydrogen (secondary N) is 1. The number of rotatable bonds is 6. The van der Waals surface area contributed by atoms with Crippen molar-refractivity contribution in [3.8, 4) is 11.5 Å². The van der Waals surface area contributed by atoms with E-state index in [2.05, 4.69) is 31.3 Å². The van der Waals surface area contributed by atoms with Gasteiger partial charge in [-0.3, -0.25) is 0 Å². The lowest BCUT2D eigenvalue weighted by Gasteiger charge is -2.15. The molecule has 0 aromatic heterocycles. The summed E-state index contributed by atoms with van der Waals surface area (Å²) in [5, 5.41) is 4.11. The number of hydrogen-bond acceptors (Lipinski definition) is 2. The van der Waals surface area contributed by atoms with Crippen LogP contribution in [0.4, 0.5) is 0 Å². The summed E-state index contributed by atoms with van der Waals surface area (Å²) in [4.78, 5) is 0. The second-order valence-electron chi connectivity index (χ2n) is 5.28. The summed E-state index contributed by atoms with van der Waals surface area (Å²) in [6.07, 6.45) is 1.12. The van der Waals surface area contributed by atoms with E-state index >= 15 is 0 Å². The van der Waals surface area contributed by atoms with Gasteiger partial charge in [0.05, 0.1) is 5.02 Å². The highest BCUT2D eigenvalue weighted by atomic mass is 35.5. The predicted octanol–water partition coefficient (Wildman–Crippen LogP) is 5.50. The molecule has 0 saturated heterocycles. The van der Waals surface area contributed by atoms with E-state index in [9.17, 15) is 0 Å². The average molecular weight is 304 g/mol. The van der Waals surface area contributed by atoms with E-state index in [1.165, 1.54) is 5.56 Å². The molecule has 21 heavy (non-hydrogen) atoms. The van der Waals surface area contributed by atoms with Crippen LogP contribution in [0.3, 0.4) is 0 Å². The predicted molar refractivity (Wildman–Crippen MR) is 89.4 cm³/mol. The van der Waals surface area contributed by atoms with Crippen molar-refractivity contribution in [1.29, 1.82) is 0 Å². The van der Waals surface area contributed by atoms with E-state index in [1.54, 1.807) is 0 Å². The van der Waals surface area contributed by atoms with Crippen LogP contribution >= 0.6 is 11.6 Å². The van der Waals surface area contributed by atoms with Gasteiger partial charge in [0.25, 0.3) is 0 Å². The maximum absolute atomic E-state index is 6.21. The number of benzene rings is 2. The molecule has 2 nitrogen and oxygen atoms in total. The van der Waals surface area contributed by atoms with E-state index in [4.69, 9.17) is 16.3 Å². The molecule has 3 heteroatoms. The molecule has 0 spiro atoms. The standard InChI is InChI=1S/C18H22ClNO/c1-4-10-20-14(3)15-6-5-7-16(12-15)21-18-9-8-13(2)11-17(18)19/h5-9,11-12,14,20H,4,10H2,1-3H3. The van der Waals surface area contributed by atoms with Crippen molar-refractivity contribution < 1.29 is 4.74 Å². The Morgan fingerprint density at radius 2 is 2.00 bits per heavy atom. The maximum atomic E-state index is 6.21. The van der Waals surface area contributed by atoms with Gasteiger partial charge in [0.15, 0.2) is 0 Å². The van der Waals surface area contributed by atoms with Gasteiger partial charge in [0.1, 0.15) is 11.5 Å². The molecule has 2 rings (SSSR count). The molecule has 0 fully saturated rings. The van der Waals surface area contributed by atoms with Crippen molar-refractivity contribution in [3.63, 3.8) is 0 Å². The van der Waals surface area contributed by atoms with E-state index in [1.807, 2.05) is 37.3 Å². The molecule has 1 N–H and O–H groups in total. The Morgan fingerprint density at radius 1 is 1.19 bits per heavy atom. The summed E-state index contributed by atoms with van der Waals surface area (Å²) in [5.74, 6) is 1.50. The zero-order valence-corrected chi connectivity index (χ0v) is 13.6. The summed E-state index contributed by atoms with van der Waals surface area (Å²) in [6.45, 7) is 7.35. The zero-order chi connectivity index (χ0) is 15.2. The van der Waals surface area contributed by atoms with Gasteiger partial charge in [-0.1, -0.05) is 36.7 Å². The molecule has 2 aromatic rings. The Balaban J connectivity index is 2.13. The lowest BCUT2D eigenvalue weighted by molar-refractivity contribution is 0.479. The molecule has 0 aliphatic rings. The van der Waals surface area contributed by atoms with Gasteiger partial charge in [0, 0.05) is 6.04 Å². The summed E-state index contributed by atoms with van der Waals surface area (Å²) in [5.41, 5.74) is 2.34. The number of halogens is 1. The summed E-state index contributed by atoms with van der Waals surface area (Å²) < 4.78 is 5.90. The van der Waals surface area contributed by atoms with Crippen molar-refractivity contribution in [1.82, 2.24) is 5.32 Å². The molecule has 0 radical (unpaired) electrons. The van der Waals surface area contributed by atoms with Gasteiger partial charge in [-0.05, 0) is 62.2 Å². The van der Waals surface area contributed by atoms with Gasteiger partial charge in [-0.15, -0.1) is 0 Å². The Labute approximate surface area is 132 Å². The Morgan fingerprint density at radius 3 is 2.71 bits per heavy atom. The minimum absolute atomic E-state index is 0.307. The minimum atomic E-state index is 0.307. The van der Waals surface area contributed by atoms with Crippen LogP contribution in [-0.2, 0) is 0 Å². The highest BCUT2D eigenvalue weighted by Gasteiger charge is 2.07. The lowest BCUT2D eigenvalue weighted by atomic mass is 10.1. The fourth-order valence-electron chi connectivity index (χ4n) is 2.14. The van der Waals surface area contributed by atoms with Crippen molar-refractivity contribution in [2.24, 2.45) is 0 Å². The van der Waals surface area contributed by atoms with Crippen LogP contribution in [-0.4, -0.2) is 6.54 Å². The smallest absolute Gasteiger partial charge is 0.146 e. The lowest BCUT2D eigenvalue weighted by Crippen LogP contribution is -2.19. The Kier molecular flexibility index (Phi) is 5.66. The fraction of sp³-hybridized carbons (Fsp3) is 0.333. The van der Waals surface area contributed by atoms with Gasteiger partial charge in [0.2, 0.25) is 0 Å². The minimum Gasteiger partial charge on any atom is -0.456 e. The molecule has 1 unspecified atom stereocenters. The SMILES string of the molecule is CCCNC(C)c1cccc(Oc2ccc(C)cc2Cl)c1. The monoisotopic (exact) mass is 303 g/mol. The van der Waals surface area contributed by atoms with Crippen LogP contribution < -0.4 is 10.1 Å². The molecular formula is C18H22ClNO. The van der Waals surface area contributed by atoms with Crippen LogP contribution in [0.25, 0.3) is 0 Å². The molecular weight excluding hydrogens is 282 g/mol. The summed E-state index contributed by atoms with van der Waals surface area (Å²) in [6, 6.07) is 14.2. The first-order valence-electron chi connectivity index (χ1n) is 7.37. The van der Waals surface area contributed by atoms with Crippen molar-refractivity contribution >= 4 is 11.6 Å². The largest absolute Gasteiger partial charge is 0.456 e. The highest BCUT2D eigenvalue weighted by molar-refractivity contribution is 6.32. The third-order valence-corrected chi connectivity index (χ3v) is 3.67. The molecule has 1 atom stereocenters. The van der Waals surface area contributed by atoms with Crippen molar-refractivity contribution in [3.05, 3.63) is 58.6 Å². The van der Waals surface area contributed by atoms with Gasteiger partial charge in [-0.25, -0.2) is 0 Å². The number of aryl methyl sites for hydroxylation is 1. The first kappa shape index (κ1) is 15.9. The van der Waals surface area contributed by atoms with E-state index < -0.39 is 0 Å². The summed E-state index contributed by atoms with van der Waals surface area (Å²) in [7, 11) is 0. The quantitative estimate of drug-likeness (QED) is 0.760. The molecule has 2 aromatic carbocycles. The van der Waals surface area contributed by atoms with Gasteiger partial charge in [-0.2, -0.15) is 0 Å². The van der Waals surface area contributed by atoms with Crippen LogP contribution in [0.5, 0.6) is 11.5 Å². The highest BCUT2D eigenvalue weighted by Crippen LogP contribution is 2.31.